The van der Waals surface area contributed by atoms with Gasteiger partial charge in [0, 0.05) is 29.8 Å². The van der Waals surface area contributed by atoms with Gasteiger partial charge in [0.15, 0.2) is 0 Å². The molecular formula is C12H17BrN2O2. The number of nitrogen functional groups attached to an aromatic ring is 1. The van der Waals surface area contributed by atoms with E-state index >= 15 is 0 Å². The van der Waals surface area contributed by atoms with Crippen LogP contribution in [0.3, 0.4) is 0 Å². The molecule has 17 heavy (non-hydrogen) atoms. The minimum atomic E-state index is -0.0618. The first-order chi connectivity index (χ1) is 8.17. The molecule has 1 unspecified atom stereocenters. The van der Waals surface area contributed by atoms with Gasteiger partial charge in [-0.05, 0) is 23.8 Å². The van der Waals surface area contributed by atoms with Crippen molar-refractivity contribution >= 4 is 21.6 Å². The number of aliphatic hydroxyl groups is 1. The number of anilines is 1. The second-order valence-electron chi connectivity index (χ2n) is 4.30. The molecule has 1 aromatic rings. The molecule has 0 radical (unpaired) electrons. The molecule has 1 saturated heterocycles. The number of benzene rings is 1. The van der Waals surface area contributed by atoms with E-state index in [-0.39, 0.29) is 12.7 Å². The van der Waals surface area contributed by atoms with Crippen LogP contribution in [0.15, 0.2) is 22.7 Å². The summed E-state index contributed by atoms with van der Waals surface area (Å²) in [7, 11) is 0. The number of aliphatic hydroxyl groups excluding tert-OH is 1. The van der Waals surface area contributed by atoms with Gasteiger partial charge in [0.05, 0.1) is 19.3 Å². The van der Waals surface area contributed by atoms with Crippen molar-refractivity contribution in [2.45, 2.75) is 12.6 Å². The maximum absolute atomic E-state index is 9.08. The van der Waals surface area contributed by atoms with Crippen LogP contribution in [0.25, 0.3) is 0 Å². The van der Waals surface area contributed by atoms with Crippen LogP contribution >= 0.6 is 15.9 Å². The Kier molecular flexibility index (Phi) is 4.39. The standard InChI is InChI=1S/C12H17BrN2O2/c13-10-3-9(4-11(14)5-10)6-15-1-2-17-12(7-15)8-16/h3-5,12,16H,1-2,6-8,14H2. The first-order valence-electron chi connectivity index (χ1n) is 5.67. The van der Waals surface area contributed by atoms with Gasteiger partial charge in [-0.2, -0.15) is 0 Å². The Morgan fingerprint density at radius 2 is 2.29 bits per heavy atom. The molecule has 0 aliphatic carbocycles. The molecular weight excluding hydrogens is 284 g/mol. The van der Waals surface area contributed by atoms with Crippen LogP contribution in [0.4, 0.5) is 5.69 Å². The summed E-state index contributed by atoms with van der Waals surface area (Å²) < 4.78 is 6.42. The van der Waals surface area contributed by atoms with E-state index in [1.165, 1.54) is 5.56 Å². The molecule has 5 heteroatoms. The van der Waals surface area contributed by atoms with Gasteiger partial charge >= 0.3 is 0 Å². The largest absolute Gasteiger partial charge is 0.399 e. The summed E-state index contributed by atoms with van der Waals surface area (Å²) in [5.74, 6) is 0. The summed E-state index contributed by atoms with van der Waals surface area (Å²) in [4.78, 5) is 2.27. The molecule has 4 nitrogen and oxygen atoms in total. The van der Waals surface area contributed by atoms with Crippen molar-refractivity contribution in [1.82, 2.24) is 4.90 Å². The SMILES string of the molecule is Nc1cc(Br)cc(CN2CCOC(CO)C2)c1. The highest BCUT2D eigenvalue weighted by Gasteiger charge is 2.19. The van der Waals surface area contributed by atoms with E-state index in [4.69, 9.17) is 15.6 Å². The number of ether oxygens (including phenoxy) is 1. The van der Waals surface area contributed by atoms with E-state index in [0.29, 0.717) is 6.61 Å². The lowest BCUT2D eigenvalue weighted by Crippen LogP contribution is -2.43. The van der Waals surface area contributed by atoms with Gasteiger partial charge in [-0.1, -0.05) is 15.9 Å². The molecule has 1 fully saturated rings. The van der Waals surface area contributed by atoms with Crippen molar-refractivity contribution in [3.63, 3.8) is 0 Å². The molecule has 1 heterocycles. The molecule has 94 valence electrons. The van der Waals surface area contributed by atoms with E-state index < -0.39 is 0 Å². The highest BCUT2D eigenvalue weighted by Crippen LogP contribution is 2.19. The third-order valence-electron chi connectivity index (χ3n) is 2.81. The average Bonchev–Trinajstić information content (AvgIpc) is 2.28. The molecule has 1 atom stereocenters. The van der Waals surface area contributed by atoms with E-state index in [1.54, 1.807) is 0 Å². The molecule has 1 aliphatic rings. The lowest BCUT2D eigenvalue weighted by molar-refractivity contribution is -0.0551. The van der Waals surface area contributed by atoms with Gasteiger partial charge in [-0.15, -0.1) is 0 Å². The van der Waals surface area contributed by atoms with Crippen LogP contribution in [0.5, 0.6) is 0 Å². The number of hydrogen-bond acceptors (Lipinski definition) is 4. The van der Waals surface area contributed by atoms with E-state index in [0.717, 1.165) is 29.8 Å². The zero-order valence-electron chi connectivity index (χ0n) is 9.60. The van der Waals surface area contributed by atoms with Gasteiger partial charge in [0.25, 0.3) is 0 Å². The highest BCUT2D eigenvalue weighted by atomic mass is 79.9. The number of nitrogens with two attached hydrogens (primary N) is 1. The smallest absolute Gasteiger partial charge is 0.0933 e. The Bertz CT molecular complexity index is 367. The fraction of sp³-hybridized carbons (Fsp3) is 0.500. The number of hydrogen-bond donors (Lipinski definition) is 2. The fourth-order valence-corrected chi connectivity index (χ4v) is 2.62. The Balaban J connectivity index is 2.00. The van der Waals surface area contributed by atoms with Gasteiger partial charge in [0.1, 0.15) is 0 Å². The topological polar surface area (TPSA) is 58.7 Å². The predicted octanol–water partition coefficient (Wildman–Crippen LogP) is 1.22. The summed E-state index contributed by atoms with van der Waals surface area (Å²) in [6, 6.07) is 5.94. The molecule has 2 rings (SSSR count). The van der Waals surface area contributed by atoms with Crippen LogP contribution < -0.4 is 5.73 Å². The summed E-state index contributed by atoms with van der Waals surface area (Å²) in [6.07, 6.45) is -0.0618. The number of morpholine rings is 1. The normalized spacial score (nSPS) is 21.6. The van der Waals surface area contributed by atoms with Crippen molar-refractivity contribution in [2.75, 3.05) is 32.0 Å². The quantitative estimate of drug-likeness (QED) is 0.824. The Morgan fingerprint density at radius 1 is 1.47 bits per heavy atom. The van der Waals surface area contributed by atoms with Gasteiger partial charge in [-0.25, -0.2) is 0 Å². The number of nitrogens with zero attached hydrogens (tertiary/aromatic N) is 1. The van der Waals surface area contributed by atoms with Crippen molar-refractivity contribution < 1.29 is 9.84 Å². The molecule has 1 aliphatic heterocycles. The molecule has 0 saturated carbocycles. The molecule has 0 aromatic heterocycles. The van der Waals surface area contributed by atoms with E-state index in [1.807, 2.05) is 12.1 Å². The van der Waals surface area contributed by atoms with Gasteiger partial charge in [-0.3, -0.25) is 4.90 Å². The zero-order chi connectivity index (χ0) is 12.3. The van der Waals surface area contributed by atoms with Gasteiger partial charge in [0.2, 0.25) is 0 Å². The second-order valence-corrected chi connectivity index (χ2v) is 5.22. The fourth-order valence-electron chi connectivity index (χ4n) is 2.06. The summed E-state index contributed by atoms with van der Waals surface area (Å²) in [5, 5.41) is 9.08. The first-order valence-corrected chi connectivity index (χ1v) is 6.46. The lowest BCUT2D eigenvalue weighted by Gasteiger charge is -2.32. The van der Waals surface area contributed by atoms with Crippen molar-refractivity contribution in [2.24, 2.45) is 0 Å². The first kappa shape index (κ1) is 12.8. The van der Waals surface area contributed by atoms with Crippen LogP contribution in [0, 0.1) is 0 Å². The maximum atomic E-state index is 9.08. The van der Waals surface area contributed by atoms with E-state index in [9.17, 15) is 0 Å². The Morgan fingerprint density at radius 3 is 3.00 bits per heavy atom. The van der Waals surface area contributed by atoms with Crippen LogP contribution in [-0.4, -0.2) is 42.4 Å². The minimum Gasteiger partial charge on any atom is -0.399 e. The summed E-state index contributed by atoms with van der Waals surface area (Å²) in [5.41, 5.74) is 7.75. The third-order valence-corrected chi connectivity index (χ3v) is 3.27. The lowest BCUT2D eigenvalue weighted by atomic mass is 10.1. The van der Waals surface area contributed by atoms with E-state index in [2.05, 4.69) is 26.9 Å². The van der Waals surface area contributed by atoms with Crippen molar-refractivity contribution in [3.8, 4) is 0 Å². The zero-order valence-corrected chi connectivity index (χ0v) is 11.2. The average molecular weight is 301 g/mol. The second kappa shape index (κ2) is 5.82. The summed E-state index contributed by atoms with van der Waals surface area (Å²) >= 11 is 3.44. The molecule has 0 amide bonds. The van der Waals surface area contributed by atoms with Crippen LogP contribution in [-0.2, 0) is 11.3 Å². The third kappa shape index (κ3) is 3.67. The number of halogens is 1. The van der Waals surface area contributed by atoms with Crippen molar-refractivity contribution in [3.05, 3.63) is 28.2 Å². The highest BCUT2D eigenvalue weighted by molar-refractivity contribution is 9.10. The molecule has 1 aromatic carbocycles. The van der Waals surface area contributed by atoms with Crippen molar-refractivity contribution in [1.29, 1.82) is 0 Å². The maximum Gasteiger partial charge on any atom is 0.0933 e. The van der Waals surface area contributed by atoms with Crippen LogP contribution in [0.1, 0.15) is 5.56 Å². The number of rotatable bonds is 3. The van der Waals surface area contributed by atoms with Crippen LogP contribution in [0.2, 0.25) is 0 Å². The predicted molar refractivity (Wildman–Crippen MR) is 70.7 cm³/mol. The molecule has 0 bridgehead atoms. The molecule has 3 N–H and O–H groups in total. The summed E-state index contributed by atoms with van der Waals surface area (Å²) in [6.45, 7) is 3.25. The Labute approximate surface area is 109 Å². The minimum absolute atomic E-state index is 0.0618. The van der Waals surface area contributed by atoms with Gasteiger partial charge < -0.3 is 15.6 Å². The molecule has 0 spiro atoms. The monoisotopic (exact) mass is 300 g/mol. The Hall–Kier alpha value is -0.620.